The van der Waals surface area contributed by atoms with Gasteiger partial charge in [-0.05, 0) is 24.6 Å². The van der Waals surface area contributed by atoms with Crippen LogP contribution in [0, 0.1) is 6.92 Å². The van der Waals surface area contributed by atoms with Crippen molar-refractivity contribution in [3.63, 3.8) is 0 Å². The van der Waals surface area contributed by atoms with Crippen molar-refractivity contribution in [3.05, 3.63) is 53.2 Å². The number of methoxy groups -OCH3 is 1. The lowest BCUT2D eigenvalue weighted by atomic mass is 10.1. The van der Waals surface area contributed by atoms with Crippen LogP contribution in [0.1, 0.15) is 21.5 Å². The Morgan fingerprint density at radius 2 is 2.15 bits per heavy atom. The van der Waals surface area contributed by atoms with Gasteiger partial charge in [0.25, 0.3) is 5.91 Å². The predicted molar refractivity (Wildman–Crippen MR) is 74.8 cm³/mol. The molecular formula is C15H16N2O3. The number of aromatic nitrogens is 1. The number of aromatic hydroxyl groups is 1. The Morgan fingerprint density at radius 3 is 2.80 bits per heavy atom. The van der Waals surface area contributed by atoms with Gasteiger partial charge in [0.15, 0.2) is 0 Å². The standard InChI is InChI=1S/C15H16N2O3/c1-10-12(4-3-5-13(10)18)15(19)17-9-11-6-7-14(20-2)16-8-11/h3-8,18H,9H2,1-2H3,(H,17,19). The van der Waals surface area contributed by atoms with Crippen molar-refractivity contribution >= 4 is 5.91 Å². The summed E-state index contributed by atoms with van der Waals surface area (Å²) in [6.07, 6.45) is 1.65. The maximum absolute atomic E-state index is 12.0. The van der Waals surface area contributed by atoms with Crippen LogP contribution in [0.4, 0.5) is 0 Å². The SMILES string of the molecule is COc1ccc(CNC(=O)c2cccc(O)c2C)cn1. The van der Waals surface area contributed by atoms with Gasteiger partial charge >= 0.3 is 0 Å². The molecule has 0 aliphatic carbocycles. The van der Waals surface area contributed by atoms with Crippen molar-refractivity contribution in [3.8, 4) is 11.6 Å². The molecule has 1 aromatic heterocycles. The van der Waals surface area contributed by atoms with Crippen molar-refractivity contribution in [2.24, 2.45) is 0 Å². The molecule has 0 saturated heterocycles. The van der Waals surface area contributed by atoms with Crippen LogP contribution in [0.25, 0.3) is 0 Å². The van der Waals surface area contributed by atoms with E-state index in [0.717, 1.165) is 5.56 Å². The highest BCUT2D eigenvalue weighted by atomic mass is 16.5. The first-order valence-electron chi connectivity index (χ1n) is 6.17. The first kappa shape index (κ1) is 13.9. The van der Waals surface area contributed by atoms with E-state index in [9.17, 15) is 9.90 Å². The smallest absolute Gasteiger partial charge is 0.251 e. The molecule has 0 aliphatic heterocycles. The highest BCUT2D eigenvalue weighted by Gasteiger charge is 2.10. The molecule has 1 aromatic carbocycles. The Balaban J connectivity index is 2.02. The number of rotatable bonds is 4. The van der Waals surface area contributed by atoms with Crippen molar-refractivity contribution < 1.29 is 14.6 Å². The Labute approximate surface area is 117 Å². The van der Waals surface area contributed by atoms with E-state index in [1.54, 1.807) is 44.5 Å². The highest BCUT2D eigenvalue weighted by Crippen LogP contribution is 2.19. The van der Waals surface area contributed by atoms with Crippen LogP contribution in [0.3, 0.4) is 0 Å². The minimum absolute atomic E-state index is 0.115. The fourth-order valence-corrected chi connectivity index (χ4v) is 1.78. The molecule has 0 fully saturated rings. The van der Waals surface area contributed by atoms with Gasteiger partial charge in [-0.3, -0.25) is 4.79 Å². The fourth-order valence-electron chi connectivity index (χ4n) is 1.78. The topological polar surface area (TPSA) is 71.5 Å². The van der Waals surface area contributed by atoms with Crippen molar-refractivity contribution in [1.29, 1.82) is 0 Å². The van der Waals surface area contributed by atoms with Gasteiger partial charge in [-0.25, -0.2) is 4.98 Å². The summed E-state index contributed by atoms with van der Waals surface area (Å²) in [6, 6.07) is 8.45. The first-order valence-corrected chi connectivity index (χ1v) is 6.17. The van der Waals surface area contributed by atoms with Gasteiger partial charge < -0.3 is 15.2 Å². The monoisotopic (exact) mass is 272 g/mol. The number of phenols is 1. The minimum Gasteiger partial charge on any atom is -0.508 e. The fraction of sp³-hybridized carbons (Fsp3) is 0.200. The molecule has 2 N–H and O–H groups in total. The zero-order valence-electron chi connectivity index (χ0n) is 11.4. The van der Waals surface area contributed by atoms with E-state index >= 15 is 0 Å². The van der Waals surface area contributed by atoms with E-state index in [4.69, 9.17) is 4.74 Å². The first-order chi connectivity index (χ1) is 9.61. The summed E-state index contributed by atoms with van der Waals surface area (Å²) in [5, 5.41) is 12.4. The number of hydrogen-bond acceptors (Lipinski definition) is 4. The molecule has 0 unspecified atom stereocenters. The maximum atomic E-state index is 12.0. The van der Waals surface area contributed by atoms with Crippen LogP contribution in [0.5, 0.6) is 11.6 Å². The molecule has 20 heavy (non-hydrogen) atoms. The van der Waals surface area contributed by atoms with E-state index in [0.29, 0.717) is 23.6 Å². The summed E-state index contributed by atoms with van der Waals surface area (Å²) < 4.78 is 4.97. The summed E-state index contributed by atoms with van der Waals surface area (Å²) in [5.41, 5.74) is 1.90. The Bertz CT molecular complexity index is 609. The van der Waals surface area contributed by atoms with E-state index < -0.39 is 0 Å². The number of ether oxygens (including phenoxy) is 1. The van der Waals surface area contributed by atoms with Gasteiger partial charge in [0.05, 0.1) is 7.11 Å². The average molecular weight is 272 g/mol. The number of amides is 1. The zero-order valence-corrected chi connectivity index (χ0v) is 11.4. The van der Waals surface area contributed by atoms with Crippen LogP contribution < -0.4 is 10.1 Å². The molecule has 1 amide bonds. The third kappa shape index (κ3) is 3.06. The molecule has 0 bridgehead atoms. The van der Waals surface area contributed by atoms with Crippen LogP contribution in [0.15, 0.2) is 36.5 Å². The number of carbonyl (C=O) groups excluding carboxylic acids is 1. The molecule has 5 nitrogen and oxygen atoms in total. The van der Waals surface area contributed by atoms with Crippen molar-refractivity contribution in [1.82, 2.24) is 10.3 Å². The molecule has 0 radical (unpaired) electrons. The Morgan fingerprint density at radius 1 is 1.35 bits per heavy atom. The summed E-state index contributed by atoms with van der Waals surface area (Å²) in [5.74, 6) is 0.418. The molecule has 2 rings (SSSR count). The number of carbonyl (C=O) groups is 1. The second kappa shape index (κ2) is 6.06. The van der Waals surface area contributed by atoms with Gasteiger partial charge in [-0.15, -0.1) is 0 Å². The number of pyridine rings is 1. The molecule has 0 saturated carbocycles. The number of benzene rings is 1. The minimum atomic E-state index is -0.228. The van der Waals surface area contributed by atoms with Crippen LogP contribution in [-0.2, 0) is 6.54 Å². The largest absolute Gasteiger partial charge is 0.508 e. The summed E-state index contributed by atoms with van der Waals surface area (Å²) in [6.45, 7) is 2.07. The van der Waals surface area contributed by atoms with Gasteiger partial charge in [0, 0.05) is 29.9 Å². The molecule has 0 aliphatic rings. The van der Waals surface area contributed by atoms with E-state index in [2.05, 4.69) is 10.3 Å². The van der Waals surface area contributed by atoms with Crippen LogP contribution in [0.2, 0.25) is 0 Å². The number of hydrogen-bond donors (Lipinski definition) is 2. The summed E-state index contributed by atoms with van der Waals surface area (Å²) >= 11 is 0. The third-order valence-electron chi connectivity index (χ3n) is 3.01. The number of nitrogens with one attached hydrogen (secondary N) is 1. The van der Waals surface area contributed by atoms with E-state index in [1.807, 2.05) is 6.07 Å². The van der Waals surface area contributed by atoms with Crippen LogP contribution in [-0.4, -0.2) is 23.1 Å². The second-order valence-corrected chi connectivity index (χ2v) is 4.34. The molecule has 104 valence electrons. The summed E-state index contributed by atoms with van der Waals surface area (Å²) in [4.78, 5) is 16.1. The van der Waals surface area contributed by atoms with E-state index in [-0.39, 0.29) is 11.7 Å². The molecule has 5 heteroatoms. The molecule has 0 spiro atoms. The second-order valence-electron chi connectivity index (χ2n) is 4.34. The lowest BCUT2D eigenvalue weighted by Gasteiger charge is -2.09. The Hall–Kier alpha value is -2.56. The number of phenolic OH excluding ortho intramolecular Hbond substituents is 1. The highest BCUT2D eigenvalue weighted by molar-refractivity contribution is 5.96. The third-order valence-corrected chi connectivity index (χ3v) is 3.01. The molecular weight excluding hydrogens is 256 g/mol. The van der Waals surface area contributed by atoms with Crippen LogP contribution >= 0.6 is 0 Å². The lowest BCUT2D eigenvalue weighted by Crippen LogP contribution is -2.23. The van der Waals surface area contributed by atoms with Crippen molar-refractivity contribution in [2.45, 2.75) is 13.5 Å². The zero-order chi connectivity index (χ0) is 14.5. The van der Waals surface area contributed by atoms with Gasteiger partial charge in [-0.2, -0.15) is 0 Å². The van der Waals surface area contributed by atoms with Gasteiger partial charge in [-0.1, -0.05) is 12.1 Å². The van der Waals surface area contributed by atoms with Gasteiger partial charge in [0.2, 0.25) is 5.88 Å². The predicted octanol–water partition coefficient (Wildman–Crippen LogP) is 2.03. The lowest BCUT2D eigenvalue weighted by molar-refractivity contribution is 0.0950. The quantitative estimate of drug-likeness (QED) is 0.893. The van der Waals surface area contributed by atoms with Gasteiger partial charge in [0.1, 0.15) is 5.75 Å². The maximum Gasteiger partial charge on any atom is 0.251 e. The van der Waals surface area contributed by atoms with E-state index in [1.165, 1.54) is 0 Å². The molecule has 0 atom stereocenters. The summed E-state index contributed by atoms with van der Waals surface area (Å²) in [7, 11) is 1.55. The average Bonchev–Trinajstić information content (AvgIpc) is 2.48. The normalized spacial score (nSPS) is 10.1. The number of nitrogens with zero attached hydrogens (tertiary/aromatic N) is 1. The Kier molecular flexibility index (Phi) is 4.20. The molecule has 2 aromatic rings. The van der Waals surface area contributed by atoms with Crippen molar-refractivity contribution in [2.75, 3.05) is 7.11 Å². The molecule has 1 heterocycles.